The zero-order valence-electron chi connectivity index (χ0n) is 10.2. The molecule has 1 unspecified atom stereocenters. The number of likely N-dealkylation sites (tertiary alicyclic amines) is 1. The van der Waals surface area contributed by atoms with Gasteiger partial charge in [0.05, 0.1) is 0 Å². The Bertz CT molecular complexity index is 404. The number of anilines is 1. The van der Waals surface area contributed by atoms with Crippen molar-refractivity contribution in [2.75, 3.05) is 25.5 Å². The van der Waals surface area contributed by atoms with E-state index < -0.39 is 0 Å². The second-order valence-corrected chi connectivity index (χ2v) is 5.46. The Morgan fingerprint density at radius 3 is 2.59 bits per heavy atom. The number of amides is 1. The van der Waals surface area contributed by atoms with Crippen molar-refractivity contribution in [3.8, 4) is 0 Å². The predicted octanol–water partition coefficient (Wildman–Crippen LogP) is 2.51. The minimum atomic E-state index is 0.241. The van der Waals surface area contributed by atoms with Crippen LogP contribution < -0.4 is 4.90 Å². The fourth-order valence-electron chi connectivity index (χ4n) is 2.14. The number of hydrogen-bond donors (Lipinski definition) is 0. The van der Waals surface area contributed by atoms with Gasteiger partial charge in [0.25, 0.3) is 0 Å². The first-order valence-electron chi connectivity index (χ1n) is 5.80. The molecule has 1 aliphatic rings. The minimum absolute atomic E-state index is 0.241. The van der Waals surface area contributed by atoms with E-state index in [1.807, 2.05) is 24.1 Å². The third-order valence-electron chi connectivity index (χ3n) is 3.42. The smallest absolute Gasteiger partial charge is 0.224 e. The van der Waals surface area contributed by atoms with E-state index in [1.54, 1.807) is 0 Å². The van der Waals surface area contributed by atoms with Gasteiger partial charge >= 0.3 is 0 Å². The van der Waals surface area contributed by atoms with Crippen LogP contribution >= 0.6 is 15.9 Å². The van der Waals surface area contributed by atoms with Crippen molar-refractivity contribution in [3.05, 3.63) is 28.7 Å². The molecule has 3 nitrogen and oxygen atoms in total. The van der Waals surface area contributed by atoms with Crippen molar-refractivity contribution < 1.29 is 4.79 Å². The Hall–Kier alpha value is -1.03. The molecule has 1 atom stereocenters. The maximum Gasteiger partial charge on any atom is 0.224 e. The number of benzene rings is 1. The molecule has 1 aromatic carbocycles. The number of nitrogens with zero attached hydrogens (tertiary/aromatic N) is 2. The standard InChI is InChI=1S/C13H17BrN2O/c1-15-8-7-12(9-13(15)17)16(2)11-5-3-10(14)4-6-11/h3-6,12H,7-9H2,1-2H3. The van der Waals surface area contributed by atoms with Crippen LogP contribution in [-0.2, 0) is 4.79 Å². The molecule has 17 heavy (non-hydrogen) atoms. The summed E-state index contributed by atoms with van der Waals surface area (Å²) in [5, 5.41) is 0. The van der Waals surface area contributed by atoms with Crippen molar-refractivity contribution in [1.29, 1.82) is 0 Å². The van der Waals surface area contributed by atoms with E-state index in [0.29, 0.717) is 12.5 Å². The van der Waals surface area contributed by atoms with Gasteiger partial charge in [0.2, 0.25) is 5.91 Å². The molecule has 0 aliphatic carbocycles. The van der Waals surface area contributed by atoms with Gasteiger partial charge in [0.15, 0.2) is 0 Å². The number of piperidine rings is 1. The Morgan fingerprint density at radius 1 is 1.35 bits per heavy atom. The van der Waals surface area contributed by atoms with Gasteiger partial charge in [-0.05, 0) is 30.7 Å². The van der Waals surface area contributed by atoms with E-state index >= 15 is 0 Å². The summed E-state index contributed by atoms with van der Waals surface area (Å²) in [5.74, 6) is 0.241. The average Bonchev–Trinajstić information content (AvgIpc) is 2.33. The average molecular weight is 297 g/mol. The van der Waals surface area contributed by atoms with Gasteiger partial charge in [-0.3, -0.25) is 4.79 Å². The maximum absolute atomic E-state index is 11.7. The monoisotopic (exact) mass is 296 g/mol. The first kappa shape index (κ1) is 12.4. The molecule has 2 rings (SSSR count). The summed E-state index contributed by atoms with van der Waals surface area (Å²) in [5.41, 5.74) is 1.16. The Balaban J connectivity index is 2.07. The van der Waals surface area contributed by atoms with Gasteiger partial charge in [0.1, 0.15) is 0 Å². The zero-order chi connectivity index (χ0) is 12.4. The molecule has 1 heterocycles. The van der Waals surface area contributed by atoms with Crippen molar-refractivity contribution in [2.45, 2.75) is 18.9 Å². The van der Waals surface area contributed by atoms with E-state index in [1.165, 1.54) is 0 Å². The number of carbonyl (C=O) groups is 1. The summed E-state index contributed by atoms with van der Waals surface area (Å²) in [7, 11) is 3.94. The minimum Gasteiger partial charge on any atom is -0.371 e. The molecule has 0 saturated carbocycles. The fourth-order valence-corrected chi connectivity index (χ4v) is 2.41. The van der Waals surface area contributed by atoms with Crippen LogP contribution in [0.3, 0.4) is 0 Å². The van der Waals surface area contributed by atoms with Crippen LogP contribution in [-0.4, -0.2) is 37.5 Å². The van der Waals surface area contributed by atoms with E-state index in [0.717, 1.165) is 23.1 Å². The summed E-state index contributed by atoms with van der Waals surface area (Å²) in [6.45, 7) is 0.852. The molecular weight excluding hydrogens is 280 g/mol. The third-order valence-corrected chi connectivity index (χ3v) is 3.94. The lowest BCUT2D eigenvalue weighted by Gasteiger charge is -2.36. The molecule has 1 aromatic rings. The summed E-state index contributed by atoms with van der Waals surface area (Å²) in [6, 6.07) is 8.53. The topological polar surface area (TPSA) is 23.6 Å². The van der Waals surface area contributed by atoms with Crippen LogP contribution in [0.25, 0.3) is 0 Å². The Labute approximate surface area is 111 Å². The molecule has 0 radical (unpaired) electrons. The van der Waals surface area contributed by atoms with Crippen LogP contribution in [0.2, 0.25) is 0 Å². The SMILES string of the molecule is CN1CCC(N(C)c2ccc(Br)cc2)CC1=O. The molecule has 0 aromatic heterocycles. The zero-order valence-corrected chi connectivity index (χ0v) is 11.8. The van der Waals surface area contributed by atoms with Crippen LogP contribution in [0, 0.1) is 0 Å². The second-order valence-electron chi connectivity index (χ2n) is 4.55. The van der Waals surface area contributed by atoms with Gasteiger partial charge in [-0.15, -0.1) is 0 Å². The normalized spacial score (nSPS) is 20.5. The number of hydrogen-bond acceptors (Lipinski definition) is 2. The van der Waals surface area contributed by atoms with E-state index in [9.17, 15) is 4.79 Å². The van der Waals surface area contributed by atoms with E-state index in [-0.39, 0.29) is 5.91 Å². The quantitative estimate of drug-likeness (QED) is 0.837. The molecule has 0 N–H and O–H groups in total. The lowest BCUT2D eigenvalue weighted by molar-refractivity contribution is -0.132. The van der Waals surface area contributed by atoms with Gasteiger partial charge in [0, 0.05) is 43.3 Å². The summed E-state index contributed by atoms with van der Waals surface area (Å²) in [4.78, 5) is 15.7. The second kappa shape index (κ2) is 5.08. The Kier molecular flexibility index (Phi) is 3.72. The molecular formula is C13H17BrN2O. The van der Waals surface area contributed by atoms with Crippen LogP contribution in [0.4, 0.5) is 5.69 Å². The highest BCUT2D eigenvalue weighted by molar-refractivity contribution is 9.10. The highest BCUT2D eigenvalue weighted by atomic mass is 79.9. The fraction of sp³-hybridized carbons (Fsp3) is 0.462. The lowest BCUT2D eigenvalue weighted by atomic mass is 10.0. The molecule has 0 spiro atoms. The first-order chi connectivity index (χ1) is 8.08. The van der Waals surface area contributed by atoms with Crippen LogP contribution in [0.5, 0.6) is 0 Å². The molecule has 0 bridgehead atoms. The molecule has 1 aliphatic heterocycles. The summed E-state index contributed by atoms with van der Waals surface area (Å²) < 4.78 is 1.08. The molecule has 4 heteroatoms. The molecule has 1 fully saturated rings. The van der Waals surface area contributed by atoms with Gasteiger partial charge in [-0.1, -0.05) is 15.9 Å². The predicted molar refractivity (Wildman–Crippen MR) is 73.2 cm³/mol. The third kappa shape index (κ3) is 2.80. The largest absolute Gasteiger partial charge is 0.371 e. The van der Waals surface area contributed by atoms with Crippen molar-refractivity contribution in [1.82, 2.24) is 4.90 Å². The highest BCUT2D eigenvalue weighted by Gasteiger charge is 2.26. The molecule has 1 saturated heterocycles. The van der Waals surface area contributed by atoms with Crippen molar-refractivity contribution in [3.63, 3.8) is 0 Å². The first-order valence-corrected chi connectivity index (χ1v) is 6.59. The van der Waals surface area contributed by atoms with Gasteiger partial charge < -0.3 is 9.80 Å². The van der Waals surface area contributed by atoms with Crippen molar-refractivity contribution in [2.24, 2.45) is 0 Å². The van der Waals surface area contributed by atoms with E-state index in [2.05, 4.69) is 40.0 Å². The lowest BCUT2D eigenvalue weighted by Crippen LogP contribution is -2.45. The molecule has 1 amide bonds. The van der Waals surface area contributed by atoms with E-state index in [4.69, 9.17) is 0 Å². The number of carbonyl (C=O) groups excluding carboxylic acids is 1. The summed E-state index contributed by atoms with van der Waals surface area (Å²) >= 11 is 3.43. The van der Waals surface area contributed by atoms with Gasteiger partial charge in [-0.25, -0.2) is 0 Å². The van der Waals surface area contributed by atoms with Gasteiger partial charge in [-0.2, -0.15) is 0 Å². The highest BCUT2D eigenvalue weighted by Crippen LogP contribution is 2.23. The number of rotatable bonds is 2. The van der Waals surface area contributed by atoms with Crippen LogP contribution in [0.1, 0.15) is 12.8 Å². The summed E-state index contributed by atoms with van der Waals surface area (Å²) in [6.07, 6.45) is 1.65. The number of halogens is 1. The van der Waals surface area contributed by atoms with Crippen LogP contribution in [0.15, 0.2) is 28.7 Å². The molecule has 92 valence electrons. The Morgan fingerprint density at radius 2 is 2.00 bits per heavy atom. The van der Waals surface area contributed by atoms with Crippen molar-refractivity contribution >= 4 is 27.5 Å². The maximum atomic E-state index is 11.7.